The first-order valence-electron chi connectivity index (χ1n) is 5.47. The Morgan fingerprint density at radius 1 is 1.20 bits per heavy atom. The smallest absolute Gasteiger partial charge is 0.267 e. The van der Waals surface area contributed by atoms with Crippen LogP contribution in [0.3, 0.4) is 0 Å². The molecule has 1 aromatic carbocycles. The maximum absolute atomic E-state index is 11.9. The minimum atomic E-state index is -0.594. The zero-order valence-electron chi connectivity index (χ0n) is 9.90. The van der Waals surface area contributed by atoms with Gasteiger partial charge < -0.3 is 5.73 Å². The monoisotopic (exact) mass is 321 g/mol. The maximum atomic E-state index is 11.9. The molecule has 0 spiro atoms. The lowest BCUT2D eigenvalue weighted by atomic mass is 10.3. The Kier molecular flexibility index (Phi) is 3.51. The van der Waals surface area contributed by atoms with Crippen LogP contribution in [0.2, 0.25) is 0 Å². The molecule has 0 fully saturated rings. The quantitative estimate of drug-likeness (QED) is 0.453. The first kappa shape index (κ1) is 13.2. The number of Topliss-reactive ketones (excluding diaryl/α,β-unsaturated/α-hetero) is 1. The van der Waals surface area contributed by atoms with Crippen LogP contribution in [-0.4, -0.2) is 20.9 Å². The number of nitrogen functional groups attached to an aromatic ring is 1. The fourth-order valence-electron chi connectivity index (χ4n) is 1.51. The van der Waals surface area contributed by atoms with Crippen molar-refractivity contribution in [2.24, 2.45) is 0 Å². The molecule has 3 aromatic rings. The van der Waals surface area contributed by atoms with Gasteiger partial charge in [-0.2, -0.15) is 0 Å². The van der Waals surface area contributed by atoms with E-state index in [4.69, 9.17) is 5.73 Å². The first-order chi connectivity index (χ1) is 9.63. The molecule has 2 aromatic heterocycles. The molecule has 8 heteroatoms. The molecule has 0 saturated heterocycles. The molecule has 0 bridgehead atoms. The lowest BCUT2D eigenvalue weighted by Gasteiger charge is -1.93. The van der Waals surface area contributed by atoms with Crippen LogP contribution in [0.15, 0.2) is 34.8 Å². The summed E-state index contributed by atoms with van der Waals surface area (Å²) in [5.41, 5.74) is 6.27. The molecule has 2 heterocycles. The third-order valence-electron chi connectivity index (χ3n) is 2.39. The zero-order valence-corrected chi connectivity index (χ0v) is 12.3. The number of anilines is 1. The van der Waals surface area contributed by atoms with E-state index in [0.29, 0.717) is 4.34 Å². The van der Waals surface area contributed by atoms with Gasteiger partial charge in [0.1, 0.15) is 4.88 Å². The molecular weight excluding hydrogens is 314 g/mol. The van der Waals surface area contributed by atoms with Crippen LogP contribution in [-0.2, 0) is 4.79 Å². The Hall–Kier alpha value is -1.77. The van der Waals surface area contributed by atoms with Gasteiger partial charge >= 0.3 is 0 Å². The van der Waals surface area contributed by atoms with Crippen LogP contribution in [0.25, 0.3) is 10.2 Å². The van der Waals surface area contributed by atoms with Crippen molar-refractivity contribution in [3.63, 3.8) is 0 Å². The number of hydrogen-bond acceptors (Lipinski definition) is 8. The Balaban J connectivity index is 1.80. The van der Waals surface area contributed by atoms with Crippen molar-refractivity contribution in [1.29, 1.82) is 0 Å². The molecular formula is C12H7N3O2S3. The number of thioether (sulfide) groups is 1. The van der Waals surface area contributed by atoms with Gasteiger partial charge in [-0.1, -0.05) is 23.5 Å². The van der Waals surface area contributed by atoms with Gasteiger partial charge in [0.15, 0.2) is 9.47 Å². The van der Waals surface area contributed by atoms with E-state index in [-0.39, 0.29) is 10.0 Å². The van der Waals surface area contributed by atoms with Gasteiger partial charge in [0, 0.05) is 0 Å². The van der Waals surface area contributed by atoms with Gasteiger partial charge in [-0.25, -0.2) is 9.97 Å². The molecule has 0 unspecified atom stereocenters. The number of nitrogens with zero attached hydrogens (tertiary/aromatic N) is 2. The molecule has 0 radical (unpaired) electrons. The predicted octanol–water partition coefficient (Wildman–Crippen LogP) is 2.84. The average molecular weight is 321 g/mol. The van der Waals surface area contributed by atoms with Gasteiger partial charge in [0.25, 0.3) is 10.9 Å². The maximum Gasteiger partial charge on any atom is 0.267 e. The fraction of sp³-hybridized carbons (Fsp3) is 0. The van der Waals surface area contributed by atoms with Crippen molar-refractivity contribution in [3.8, 4) is 0 Å². The number of thiazole rings is 2. The summed E-state index contributed by atoms with van der Waals surface area (Å²) < 4.78 is 1.54. The molecule has 0 saturated carbocycles. The van der Waals surface area contributed by atoms with E-state index in [2.05, 4.69) is 9.97 Å². The van der Waals surface area contributed by atoms with E-state index in [1.165, 1.54) is 17.5 Å². The number of fused-ring (bicyclic) bond motifs is 1. The van der Waals surface area contributed by atoms with Gasteiger partial charge in [0.05, 0.1) is 16.4 Å². The Morgan fingerprint density at radius 2 is 2.00 bits per heavy atom. The van der Waals surface area contributed by atoms with Crippen LogP contribution in [0.5, 0.6) is 0 Å². The highest BCUT2D eigenvalue weighted by Gasteiger charge is 2.21. The van der Waals surface area contributed by atoms with Crippen molar-refractivity contribution < 1.29 is 9.59 Å². The normalized spacial score (nSPS) is 10.8. The lowest BCUT2D eigenvalue weighted by molar-refractivity contribution is -0.107. The van der Waals surface area contributed by atoms with Crippen LogP contribution in [0, 0.1) is 0 Å². The van der Waals surface area contributed by atoms with Crippen LogP contribution >= 0.6 is 34.4 Å². The highest BCUT2D eigenvalue weighted by molar-refractivity contribution is 8.16. The molecule has 0 atom stereocenters. The van der Waals surface area contributed by atoms with E-state index in [1.54, 1.807) is 0 Å². The van der Waals surface area contributed by atoms with E-state index in [0.717, 1.165) is 33.3 Å². The number of aromatic nitrogens is 2. The van der Waals surface area contributed by atoms with E-state index in [9.17, 15) is 9.59 Å². The zero-order chi connectivity index (χ0) is 14.1. The molecule has 3 rings (SSSR count). The molecule has 0 aliphatic carbocycles. The van der Waals surface area contributed by atoms with Crippen molar-refractivity contribution in [3.05, 3.63) is 35.3 Å². The number of hydrogen-bond donors (Lipinski definition) is 1. The SMILES string of the molecule is Nc1ncc(C(=O)C(=O)Sc2nc3ccccc3s2)s1. The standard InChI is InChI=1S/C12H7N3O2S3/c13-11-14-5-8(18-11)9(16)10(17)20-12-15-6-3-1-2-4-7(6)19-12/h1-5H,(H2,13,14). The first-order valence-corrected chi connectivity index (χ1v) is 7.92. The summed E-state index contributed by atoms with van der Waals surface area (Å²) in [4.78, 5) is 32.1. The van der Waals surface area contributed by atoms with E-state index >= 15 is 0 Å². The van der Waals surface area contributed by atoms with Crippen molar-refractivity contribution in [2.75, 3.05) is 5.73 Å². The van der Waals surface area contributed by atoms with E-state index in [1.807, 2.05) is 24.3 Å². The van der Waals surface area contributed by atoms with Gasteiger partial charge in [0.2, 0.25) is 0 Å². The Bertz CT molecular complexity index is 776. The van der Waals surface area contributed by atoms with Gasteiger partial charge in [-0.15, -0.1) is 11.3 Å². The largest absolute Gasteiger partial charge is 0.375 e. The number of nitrogens with two attached hydrogens (primary N) is 1. The summed E-state index contributed by atoms with van der Waals surface area (Å²) in [5, 5.41) is -0.307. The molecule has 5 nitrogen and oxygen atoms in total. The summed E-state index contributed by atoms with van der Waals surface area (Å²) in [6, 6.07) is 7.57. The highest BCUT2D eigenvalue weighted by Crippen LogP contribution is 2.30. The number of ketones is 1. The van der Waals surface area contributed by atoms with Crippen molar-refractivity contribution >= 4 is 60.7 Å². The van der Waals surface area contributed by atoms with Gasteiger partial charge in [-0.05, 0) is 23.9 Å². The topological polar surface area (TPSA) is 85.9 Å². The van der Waals surface area contributed by atoms with Crippen molar-refractivity contribution in [2.45, 2.75) is 4.34 Å². The lowest BCUT2D eigenvalue weighted by Crippen LogP contribution is -2.08. The minimum Gasteiger partial charge on any atom is -0.375 e. The fourth-order valence-corrected chi connectivity index (χ4v) is 4.06. The second-order valence-corrected chi connectivity index (χ2v) is 7.04. The summed E-state index contributed by atoms with van der Waals surface area (Å²) in [7, 11) is 0. The molecule has 0 amide bonds. The summed E-state index contributed by atoms with van der Waals surface area (Å²) in [5.74, 6) is -0.594. The number of para-hydroxylation sites is 1. The number of carbonyl (C=O) groups excluding carboxylic acids is 2. The Morgan fingerprint density at radius 3 is 2.70 bits per heavy atom. The number of rotatable bonds is 3. The van der Waals surface area contributed by atoms with Gasteiger partial charge in [-0.3, -0.25) is 9.59 Å². The highest BCUT2D eigenvalue weighted by atomic mass is 32.2. The summed E-state index contributed by atoms with van der Waals surface area (Å²) in [6.07, 6.45) is 1.32. The second-order valence-electron chi connectivity index (χ2n) is 3.73. The van der Waals surface area contributed by atoms with Crippen LogP contribution < -0.4 is 5.73 Å². The van der Waals surface area contributed by atoms with Crippen LogP contribution in [0.1, 0.15) is 9.67 Å². The minimum absolute atomic E-state index is 0.251. The second kappa shape index (κ2) is 5.31. The molecule has 2 N–H and O–H groups in total. The molecule has 0 aliphatic heterocycles. The summed E-state index contributed by atoms with van der Waals surface area (Å²) >= 11 is 3.23. The third-order valence-corrected chi connectivity index (χ3v) is 5.18. The van der Waals surface area contributed by atoms with Crippen molar-refractivity contribution in [1.82, 2.24) is 9.97 Å². The summed E-state index contributed by atoms with van der Waals surface area (Å²) in [6.45, 7) is 0. The number of benzene rings is 1. The molecule has 20 heavy (non-hydrogen) atoms. The predicted molar refractivity (Wildman–Crippen MR) is 81.3 cm³/mol. The third kappa shape index (κ3) is 2.58. The molecule has 100 valence electrons. The average Bonchev–Trinajstić information content (AvgIpc) is 3.03. The van der Waals surface area contributed by atoms with Crippen LogP contribution in [0.4, 0.5) is 5.13 Å². The van der Waals surface area contributed by atoms with E-state index < -0.39 is 10.9 Å². The molecule has 0 aliphatic rings. The Labute approximate surface area is 125 Å². The number of carbonyl (C=O) groups is 2.